The van der Waals surface area contributed by atoms with Crippen molar-refractivity contribution < 1.29 is 24.6 Å². The lowest BCUT2D eigenvalue weighted by atomic mass is 9.87. The first kappa shape index (κ1) is 33.4. The molecule has 0 saturated heterocycles. The van der Waals surface area contributed by atoms with Crippen molar-refractivity contribution in [2.75, 3.05) is 0 Å². The molecule has 217 valence electrons. The van der Waals surface area contributed by atoms with E-state index in [1.54, 1.807) is 17.4 Å². The molecule has 0 bridgehead atoms. The number of thiophene rings is 1. The van der Waals surface area contributed by atoms with Gasteiger partial charge in [-0.15, -0.1) is 0 Å². The molecule has 0 spiro atoms. The number of hydrogen-bond acceptors (Lipinski definition) is 5. The largest absolute Gasteiger partial charge is 0.479 e. The van der Waals surface area contributed by atoms with Crippen LogP contribution in [0.2, 0.25) is 0 Å². The van der Waals surface area contributed by atoms with Crippen LogP contribution in [-0.4, -0.2) is 33.5 Å². The number of carbonyl (C=O) groups is 3. The highest BCUT2D eigenvalue weighted by atomic mass is 32.1. The van der Waals surface area contributed by atoms with E-state index < -0.39 is 23.4 Å². The fourth-order valence-corrected chi connectivity index (χ4v) is 5.07. The molecule has 1 aromatic carbocycles. The van der Waals surface area contributed by atoms with E-state index in [0.29, 0.717) is 31.5 Å². The van der Waals surface area contributed by atoms with Gasteiger partial charge in [0.05, 0.1) is 12.5 Å². The predicted molar refractivity (Wildman–Crippen MR) is 162 cm³/mol. The third-order valence-electron chi connectivity index (χ3n) is 6.95. The smallest absolute Gasteiger partial charge is 0.337 e. The van der Waals surface area contributed by atoms with Crippen molar-refractivity contribution in [1.29, 1.82) is 0 Å². The summed E-state index contributed by atoms with van der Waals surface area (Å²) in [7, 11) is 0. The van der Waals surface area contributed by atoms with Crippen LogP contribution in [0.5, 0.6) is 0 Å². The normalized spacial score (nSPS) is 13.7. The minimum atomic E-state index is -2.73. The summed E-state index contributed by atoms with van der Waals surface area (Å²) < 4.78 is 0. The number of allylic oxidation sites excluding steroid dienone is 1. The first-order valence-electron chi connectivity index (χ1n) is 14.4. The van der Waals surface area contributed by atoms with Gasteiger partial charge in [0, 0.05) is 19.8 Å². The highest BCUT2D eigenvalue weighted by Crippen LogP contribution is 2.23. The summed E-state index contributed by atoms with van der Waals surface area (Å²) in [5.41, 5.74) is 0.503. The average molecular weight is 567 g/mol. The van der Waals surface area contributed by atoms with Crippen LogP contribution < -0.4 is 5.32 Å². The van der Waals surface area contributed by atoms with E-state index in [2.05, 4.69) is 23.7 Å². The number of rotatable bonds is 21. The molecule has 6 nitrogen and oxygen atoms in total. The van der Waals surface area contributed by atoms with Gasteiger partial charge in [-0.1, -0.05) is 81.9 Å². The van der Waals surface area contributed by atoms with Gasteiger partial charge in [-0.2, -0.15) is 11.3 Å². The second-order valence-electron chi connectivity index (χ2n) is 10.3. The molecule has 1 heterocycles. The van der Waals surface area contributed by atoms with Gasteiger partial charge in [0.2, 0.25) is 5.91 Å². The number of unbranched alkanes of at least 4 members (excludes halogenated alkanes) is 8. The van der Waals surface area contributed by atoms with Gasteiger partial charge in [-0.3, -0.25) is 9.59 Å². The van der Waals surface area contributed by atoms with Gasteiger partial charge >= 0.3 is 5.97 Å². The third-order valence-corrected chi connectivity index (χ3v) is 7.64. The molecular weight excluding hydrogens is 522 g/mol. The Kier molecular flexibility index (Phi) is 15.5. The first-order chi connectivity index (χ1) is 19.3. The number of aliphatic carboxylic acids is 1. The van der Waals surface area contributed by atoms with Crippen LogP contribution in [0.1, 0.15) is 89.5 Å². The molecule has 3 N–H and O–H groups in total. The molecule has 40 heavy (non-hydrogen) atoms. The van der Waals surface area contributed by atoms with Crippen LogP contribution in [0.4, 0.5) is 0 Å². The number of carboxylic acids is 1. The SMILES string of the molecule is [CH][C@@](O)(C(=O)O)[C@H](/C=C/CCCCCCC(=O)CCCCCCC)C(=O)N[CH]Cc1ccc(-c2ccsc2)cc1. The number of amides is 1. The number of nitrogens with one attached hydrogen (secondary N) is 1. The van der Waals surface area contributed by atoms with Crippen molar-refractivity contribution in [2.24, 2.45) is 5.92 Å². The van der Waals surface area contributed by atoms with Gasteiger partial charge in [0.15, 0.2) is 5.60 Å². The van der Waals surface area contributed by atoms with Crippen LogP contribution in [-0.2, 0) is 20.8 Å². The predicted octanol–water partition coefficient (Wildman–Crippen LogP) is 7.20. The zero-order valence-electron chi connectivity index (χ0n) is 23.6. The summed E-state index contributed by atoms with van der Waals surface area (Å²) in [5.74, 6) is -3.46. The standard InChI is InChI=1S/C33H44NO5S/c1-3-4-5-8-11-14-29(35)15-12-9-6-7-10-13-16-30(33(2,39)32(37)38)31(36)34-23-21-26-17-19-27(20-18-26)28-22-24-40-25-28/h2,13,16-20,22-25,30,39H,3-12,14-15,21H2,1H3,(H,34,36)(H,37,38)/b16-13+/t30-,33+/m1/s1. The maximum absolute atomic E-state index is 12.8. The second kappa shape index (κ2) is 18.6. The molecule has 2 atom stereocenters. The van der Waals surface area contributed by atoms with Crippen LogP contribution in [0.25, 0.3) is 11.1 Å². The Balaban J connectivity index is 1.72. The van der Waals surface area contributed by atoms with E-state index in [9.17, 15) is 24.6 Å². The third kappa shape index (κ3) is 12.2. The fourth-order valence-electron chi connectivity index (χ4n) is 4.41. The molecule has 0 saturated carbocycles. The van der Waals surface area contributed by atoms with Gasteiger partial charge in [0.1, 0.15) is 5.78 Å². The summed E-state index contributed by atoms with van der Waals surface area (Å²) >= 11 is 1.63. The average Bonchev–Trinajstić information content (AvgIpc) is 3.47. The van der Waals surface area contributed by atoms with Crippen LogP contribution in [0, 0.1) is 19.4 Å². The van der Waals surface area contributed by atoms with Crippen molar-refractivity contribution in [2.45, 2.75) is 96.0 Å². The Morgan fingerprint density at radius 3 is 2.20 bits per heavy atom. The minimum absolute atomic E-state index is 0.341. The number of aliphatic hydroxyl groups is 1. The number of Topliss-reactive ketones (excluding diaryl/α,β-unsaturated/α-hetero) is 1. The lowest BCUT2D eigenvalue weighted by molar-refractivity contribution is -0.160. The monoisotopic (exact) mass is 566 g/mol. The van der Waals surface area contributed by atoms with Gasteiger partial charge < -0.3 is 15.5 Å². The fraction of sp³-hybridized carbons (Fsp3) is 0.485. The minimum Gasteiger partial charge on any atom is -0.479 e. The van der Waals surface area contributed by atoms with Crippen LogP contribution in [0.15, 0.2) is 53.2 Å². The summed E-state index contributed by atoms with van der Waals surface area (Å²) in [6, 6.07) is 10.0. The molecule has 1 aromatic heterocycles. The molecule has 0 aliphatic heterocycles. The molecule has 3 radical (unpaired) electrons. The Morgan fingerprint density at radius 1 is 0.950 bits per heavy atom. The van der Waals surface area contributed by atoms with E-state index in [0.717, 1.165) is 55.2 Å². The Bertz CT molecular complexity index is 1040. The van der Waals surface area contributed by atoms with Crippen molar-refractivity contribution >= 4 is 29.0 Å². The van der Waals surface area contributed by atoms with E-state index in [1.807, 2.05) is 29.6 Å². The highest BCUT2D eigenvalue weighted by Gasteiger charge is 2.42. The molecule has 2 aromatic rings. The number of carboxylic acid groups (broad SMARTS) is 1. The maximum atomic E-state index is 12.8. The summed E-state index contributed by atoms with van der Waals surface area (Å²) in [6.45, 7) is 9.33. The molecule has 0 fully saturated rings. The van der Waals surface area contributed by atoms with Crippen molar-refractivity contribution in [3.63, 3.8) is 0 Å². The van der Waals surface area contributed by atoms with E-state index in [1.165, 1.54) is 31.9 Å². The summed E-state index contributed by atoms with van der Waals surface area (Å²) in [5, 5.41) is 26.4. The van der Waals surface area contributed by atoms with Crippen LogP contribution >= 0.6 is 11.3 Å². The van der Waals surface area contributed by atoms with Crippen LogP contribution in [0.3, 0.4) is 0 Å². The molecule has 1 amide bonds. The Hall–Kier alpha value is -2.77. The number of carbonyl (C=O) groups excluding carboxylic acids is 2. The zero-order valence-corrected chi connectivity index (χ0v) is 24.5. The van der Waals surface area contributed by atoms with Gasteiger partial charge in [-0.25, -0.2) is 4.79 Å². The van der Waals surface area contributed by atoms with E-state index in [4.69, 9.17) is 6.92 Å². The maximum Gasteiger partial charge on any atom is 0.337 e. The van der Waals surface area contributed by atoms with Gasteiger partial charge in [-0.05, 0) is 65.6 Å². The molecule has 2 rings (SSSR count). The lowest BCUT2D eigenvalue weighted by Gasteiger charge is -2.25. The number of benzene rings is 1. The topological polar surface area (TPSA) is 104 Å². The quantitative estimate of drug-likeness (QED) is 0.109. The zero-order chi connectivity index (χ0) is 29.2. The summed E-state index contributed by atoms with van der Waals surface area (Å²) in [4.78, 5) is 36.3. The lowest BCUT2D eigenvalue weighted by Crippen LogP contribution is -2.49. The Morgan fingerprint density at radius 2 is 1.60 bits per heavy atom. The number of hydrogen-bond donors (Lipinski definition) is 3. The molecular formula is C33H44NO5S. The van der Waals surface area contributed by atoms with Crippen molar-refractivity contribution in [1.82, 2.24) is 5.32 Å². The van der Waals surface area contributed by atoms with Crippen molar-refractivity contribution in [3.05, 3.63) is 72.3 Å². The van der Waals surface area contributed by atoms with Crippen molar-refractivity contribution in [3.8, 4) is 11.1 Å². The summed E-state index contributed by atoms with van der Waals surface area (Å²) in [6.07, 6.45) is 14.8. The molecule has 0 aliphatic carbocycles. The number of ketones is 1. The molecule has 0 aliphatic rings. The second-order valence-corrected chi connectivity index (χ2v) is 11.1. The highest BCUT2D eigenvalue weighted by molar-refractivity contribution is 7.08. The van der Waals surface area contributed by atoms with E-state index >= 15 is 0 Å². The Labute approximate surface area is 243 Å². The van der Waals surface area contributed by atoms with E-state index in [-0.39, 0.29) is 0 Å². The first-order valence-corrected chi connectivity index (χ1v) is 15.4. The van der Waals surface area contributed by atoms with Gasteiger partial charge in [0.25, 0.3) is 0 Å². The molecule has 0 unspecified atom stereocenters. The molecule has 7 heteroatoms.